The van der Waals surface area contributed by atoms with Crippen LogP contribution >= 0.6 is 27.5 Å². The smallest absolute Gasteiger partial charge is 0.147 e. The van der Waals surface area contributed by atoms with Crippen LogP contribution in [0.4, 0.5) is 10.1 Å². The summed E-state index contributed by atoms with van der Waals surface area (Å²) in [7, 11) is 0. The average Bonchev–Trinajstić information content (AvgIpc) is 2.39. The van der Waals surface area contributed by atoms with Gasteiger partial charge in [-0.25, -0.2) is 4.39 Å². The minimum Gasteiger partial charge on any atom is -0.379 e. The molecule has 5 heteroatoms. The molecule has 0 aliphatic heterocycles. The summed E-state index contributed by atoms with van der Waals surface area (Å²) in [6, 6.07) is 11.7. The van der Waals surface area contributed by atoms with Gasteiger partial charge in [-0.2, -0.15) is 5.26 Å². The van der Waals surface area contributed by atoms with E-state index in [0.717, 1.165) is 10.0 Å². The number of nitrogens with one attached hydrogen (secondary N) is 1. The van der Waals surface area contributed by atoms with Crippen molar-refractivity contribution in [1.82, 2.24) is 0 Å². The normalized spacial score (nSPS) is 10.0. The summed E-state index contributed by atoms with van der Waals surface area (Å²) in [6.45, 7) is 0.459. The van der Waals surface area contributed by atoms with Gasteiger partial charge in [-0.05, 0) is 35.9 Å². The second-order valence-electron chi connectivity index (χ2n) is 3.90. The Morgan fingerprint density at radius 3 is 2.68 bits per heavy atom. The zero-order valence-electron chi connectivity index (χ0n) is 9.75. The Balaban J connectivity index is 2.13. The van der Waals surface area contributed by atoms with E-state index in [0.29, 0.717) is 22.8 Å². The highest BCUT2D eigenvalue weighted by Gasteiger charge is 2.05. The van der Waals surface area contributed by atoms with Crippen LogP contribution in [0.15, 0.2) is 40.9 Å². The molecule has 0 unspecified atom stereocenters. The quantitative estimate of drug-likeness (QED) is 0.878. The highest BCUT2D eigenvalue weighted by molar-refractivity contribution is 9.10. The summed E-state index contributed by atoms with van der Waals surface area (Å²) in [5, 5.41) is 12.3. The van der Waals surface area contributed by atoms with Crippen LogP contribution in [0.25, 0.3) is 0 Å². The van der Waals surface area contributed by atoms with Crippen LogP contribution in [0, 0.1) is 17.1 Å². The van der Waals surface area contributed by atoms with Gasteiger partial charge in [0.05, 0.1) is 17.3 Å². The van der Waals surface area contributed by atoms with Gasteiger partial charge in [0.2, 0.25) is 0 Å². The first-order chi connectivity index (χ1) is 9.10. The highest BCUT2D eigenvalue weighted by Crippen LogP contribution is 2.23. The molecule has 19 heavy (non-hydrogen) atoms. The topological polar surface area (TPSA) is 35.8 Å². The number of halogens is 3. The van der Waals surface area contributed by atoms with Crippen molar-refractivity contribution in [1.29, 1.82) is 5.26 Å². The van der Waals surface area contributed by atoms with E-state index < -0.39 is 5.82 Å². The third-order valence-corrected chi connectivity index (χ3v) is 3.56. The van der Waals surface area contributed by atoms with Crippen molar-refractivity contribution in [3.63, 3.8) is 0 Å². The monoisotopic (exact) mass is 338 g/mol. The van der Waals surface area contributed by atoms with E-state index in [2.05, 4.69) is 21.2 Å². The summed E-state index contributed by atoms with van der Waals surface area (Å²) in [5.74, 6) is -0.441. The molecule has 96 valence electrons. The Hall–Kier alpha value is -1.57. The predicted molar refractivity (Wildman–Crippen MR) is 77.6 cm³/mol. The van der Waals surface area contributed by atoms with Gasteiger partial charge in [0.1, 0.15) is 5.82 Å². The molecule has 2 aromatic rings. The third kappa shape index (κ3) is 3.46. The number of hydrogen-bond donors (Lipinski definition) is 1. The maximum atomic E-state index is 13.7. The zero-order chi connectivity index (χ0) is 13.8. The van der Waals surface area contributed by atoms with Gasteiger partial charge in [-0.15, -0.1) is 0 Å². The van der Waals surface area contributed by atoms with E-state index >= 15 is 0 Å². The first-order valence-corrected chi connectivity index (χ1v) is 6.64. The van der Waals surface area contributed by atoms with Crippen molar-refractivity contribution < 1.29 is 4.39 Å². The molecule has 0 aromatic heterocycles. The lowest BCUT2D eigenvalue weighted by Crippen LogP contribution is -2.02. The van der Waals surface area contributed by atoms with Gasteiger partial charge in [0, 0.05) is 16.0 Å². The average molecular weight is 340 g/mol. The summed E-state index contributed by atoms with van der Waals surface area (Å²) in [5.41, 5.74) is 1.63. The Bertz CT molecular complexity index is 652. The van der Waals surface area contributed by atoms with Crippen LogP contribution in [0.2, 0.25) is 5.02 Å². The molecule has 0 fully saturated rings. The summed E-state index contributed by atoms with van der Waals surface area (Å²) < 4.78 is 14.5. The third-order valence-electron chi connectivity index (χ3n) is 2.58. The number of nitrogens with zero attached hydrogens (tertiary/aromatic N) is 1. The molecule has 2 aromatic carbocycles. The standard InChI is InChI=1S/C14H9BrClFN2/c15-12-6-11(16)3-2-10(12)8-19-14-4-1-9(7-18)5-13(14)17/h1-6,19H,8H2. The van der Waals surface area contributed by atoms with Gasteiger partial charge in [0.15, 0.2) is 0 Å². The van der Waals surface area contributed by atoms with E-state index in [-0.39, 0.29) is 0 Å². The van der Waals surface area contributed by atoms with Crippen LogP contribution in [0.1, 0.15) is 11.1 Å². The van der Waals surface area contributed by atoms with E-state index in [1.165, 1.54) is 6.07 Å². The van der Waals surface area contributed by atoms with Crippen LogP contribution in [0.3, 0.4) is 0 Å². The van der Waals surface area contributed by atoms with Crippen LogP contribution in [-0.4, -0.2) is 0 Å². The first kappa shape index (κ1) is 13.9. The Morgan fingerprint density at radius 2 is 2.05 bits per heavy atom. The van der Waals surface area contributed by atoms with Gasteiger partial charge < -0.3 is 5.32 Å². The molecule has 0 saturated carbocycles. The Kier molecular flexibility index (Phi) is 4.41. The lowest BCUT2D eigenvalue weighted by molar-refractivity contribution is 0.629. The Morgan fingerprint density at radius 1 is 1.26 bits per heavy atom. The molecule has 0 radical (unpaired) electrons. The van der Waals surface area contributed by atoms with Crippen LogP contribution < -0.4 is 5.32 Å². The second-order valence-corrected chi connectivity index (χ2v) is 5.19. The van der Waals surface area contributed by atoms with Gasteiger partial charge in [-0.1, -0.05) is 33.6 Å². The molecule has 0 heterocycles. The maximum Gasteiger partial charge on any atom is 0.147 e. The van der Waals surface area contributed by atoms with Crippen LogP contribution in [-0.2, 0) is 6.54 Å². The van der Waals surface area contributed by atoms with Crippen molar-refractivity contribution in [2.75, 3.05) is 5.32 Å². The molecule has 0 amide bonds. The minimum absolute atomic E-state index is 0.302. The molecule has 0 aliphatic rings. The fraction of sp³-hybridized carbons (Fsp3) is 0.0714. The van der Waals surface area contributed by atoms with Crippen molar-refractivity contribution in [3.05, 3.63) is 62.8 Å². The lowest BCUT2D eigenvalue weighted by atomic mass is 10.2. The van der Waals surface area contributed by atoms with E-state index in [4.69, 9.17) is 16.9 Å². The molecule has 2 rings (SSSR count). The van der Waals surface area contributed by atoms with Crippen LogP contribution in [0.5, 0.6) is 0 Å². The summed E-state index contributed by atoms with van der Waals surface area (Å²) in [4.78, 5) is 0. The predicted octanol–water partition coefficient (Wildman–Crippen LogP) is 4.73. The molecule has 0 bridgehead atoms. The van der Waals surface area contributed by atoms with E-state index in [1.807, 2.05) is 12.1 Å². The fourth-order valence-electron chi connectivity index (χ4n) is 1.58. The van der Waals surface area contributed by atoms with E-state index in [9.17, 15) is 4.39 Å². The maximum absolute atomic E-state index is 13.7. The number of benzene rings is 2. The summed E-state index contributed by atoms with van der Waals surface area (Å²) >= 11 is 9.25. The van der Waals surface area contributed by atoms with Gasteiger partial charge >= 0.3 is 0 Å². The number of nitriles is 1. The molecule has 0 atom stereocenters. The molecule has 0 aliphatic carbocycles. The highest BCUT2D eigenvalue weighted by atomic mass is 79.9. The Labute approximate surface area is 123 Å². The largest absolute Gasteiger partial charge is 0.379 e. The molecule has 0 saturated heterocycles. The lowest BCUT2D eigenvalue weighted by Gasteiger charge is -2.09. The van der Waals surface area contributed by atoms with Crippen molar-refractivity contribution >= 4 is 33.2 Å². The minimum atomic E-state index is -0.441. The first-order valence-electron chi connectivity index (χ1n) is 5.47. The summed E-state index contributed by atoms with van der Waals surface area (Å²) in [6.07, 6.45) is 0. The second kappa shape index (κ2) is 6.05. The van der Waals surface area contributed by atoms with Crippen molar-refractivity contribution in [3.8, 4) is 6.07 Å². The molecule has 2 nitrogen and oxygen atoms in total. The number of rotatable bonds is 3. The molecular formula is C14H9BrClFN2. The molecule has 0 spiro atoms. The van der Waals surface area contributed by atoms with Gasteiger partial charge in [0.25, 0.3) is 0 Å². The SMILES string of the molecule is N#Cc1ccc(NCc2ccc(Cl)cc2Br)c(F)c1. The number of anilines is 1. The molecule has 1 N–H and O–H groups in total. The van der Waals surface area contributed by atoms with E-state index in [1.54, 1.807) is 24.3 Å². The van der Waals surface area contributed by atoms with Crippen molar-refractivity contribution in [2.45, 2.75) is 6.54 Å². The van der Waals surface area contributed by atoms with Crippen molar-refractivity contribution in [2.24, 2.45) is 0 Å². The molecular weight excluding hydrogens is 331 g/mol. The fourth-order valence-corrected chi connectivity index (χ4v) is 2.41. The van der Waals surface area contributed by atoms with Gasteiger partial charge in [-0.3, -0.25) is 0 Å². The zero-order valence-corrected chi connectivity index (χ0v) is 12.1. The number of hydrogen-bond acceptors (Lipinski definition) is 2.